The van der Waals surface area contributed by atoms with E-state index < -0.39 is 24.0 Å². The first-order valence-corrected chi connectivity index (χ1v) is 32.3. The first-order valence-electron chi connectivity index (χ1n) is 31.6. The van der Waals surface area contributed by atoms with Gasteiger partial charge >= 0.3 is 5.97 Å². The number of amides is 4. The number of benzene rings is 4. The number of nitrogens with zero attached hydrogens (tertiary/aromatic N) is 3. The summed E-state index contributed by atoms with van der Waals surface area (Å²) in [5.74, 6) is 1.47. The van der Waals surface area contributed by atoms with Crippen molar-refractivity contribution in [3.8, 4) is 34.5 Å². The Morgan fingerprint density at radius 3 is 1.88 bits per heavy atom. The molecule has 2 heterocycles. The lowest BCUT2D eigenvalue weighted by Crippen LogP contribution is -2.50. The lowest BCUT2D eigenvalue weighted by Gasteiger charge is -2.37. The summed E-state index contributed by atoms with van der Waals surface area (Å²) in [6, 6.07) is 20.8. The third-order valence-corrected chi connectivity index (χ3v) is 16.0. The molecule has 0 radical (unpaired) electrons. The second-order valence-corrected chi connectivity index (χ2v) is 22.6. The second-order valence-electron chi connectivity index (χ2n) is 21.8. The Morgan fingerprint density at radius 1 is 0.624 bits per heavy atom. The molecule has 4 atom stereocenters. The molecule has 4 aromatic rings. The summed E-state index contributed by atoms with van der Waals surface area (Å²) in [6.45, 7) is 9.49. The van der Waals surface area contributed by atoms with E-state index in [1.54, 1.807) is 66.6 Å². The molecular formula is C67H92Cl2N6O18. The molecule has 1 unspecified atom stereocenters. The van der Waals surface area contributed by atoms with Gasteiger partial charge in [-0.1, -0.05) is 55.2 Å². The van der Waals surface area contributed by atoms with Crippen molar-refractivity contribution in [1.29, 1.82) is 0 Å². The highest BCUT2D eigenvalue weighted by Crippen LogP contribution is 2.42. The standard InChI is InChI=1S/C67H92Cl2N6O18/c1-8-52(49-41-59(83-5)64(85-7)60(42-49)84-6)66(79)74-26-10-9-15-55(74)67(80)93-56(21-17-47-18-22-57(81-3)58(39-47)82-4)48-13-11-14-51(40-48)92-45-63(78)71-25-28-87-30-32-89-34-36-91-38-37-90-35-33-88-31-29-86-27-23-61(76)70-24-12-16-62(77)72-65-46(2)44-75(73-65)50-19-20-53(68)54(69)43-50/h11,13-14,18-20,22,39-43,46,52,55-56H,8-10,12,15-17,21,23-38,44-45H2,1-7H3,(H,70,76)(H,71,78)(H,72,73,77)/t46?,52-,55-,56-/m0/s1. The van der Waals surface area contributed by atoms with Gasteiger partial charge in [0.05, 0.1) is 143 Å². The number of ether oxygens (including phenoxy) is 13. The van der Waals surface area contributed by atoms with Crippen molar-refractivity contribution >= 4 is 64.3 Å². The highest BCUT2D eigenvalue weighted by atomic mass is 35.5. The van der Waals surface area contributed by atoms with Crippen LogP contribution in [0, 0.1) is 5.92 Å². The van der Waals surface area contributed by atoms with Crippen LogP contribution in [0.1, 0.15) is 93.9 Å². The lowest BCUT2D eigenvalue weighted by molar-refractivity contribution is -0.162. The highest BCUT2D eigenvalue weighted by Gasteiger charge is 2.38. The van der Waals surface area contributed by atoms with E-state index in [1.807, 2.05) is 44.2 Å². The Morgan fingerprint density at radius 2 is 1.26 bits per heavy atom. The Bertz CT molecular complexity index is 2990. The van der Waals surface area contributed by atoms with Gasteiger partial charge in [0.1, 0.15) is 23.7 Å². The summed E-state index contributed by atoms with van der Waals surface area (Å²) < 4.78 is 73.5. The number of amidine groups is 1. The van der Waals surface area contributed by atoms with Crippen molar-refractivity contribution < 1.29 is 85.6 Å². The van der Waals surface area contributed by atoms with Crippen LogP contribution >= 0.6 is 23.2 Å². The van der Waals surface area contributed by atoms with E-state index >= 15 is 0 Å². The number of anilines is 1. The summed E-state index contributed by atoms with van der Waals surface area (Å²) in [6.07, 6.45) is 3.44. The fourth-order valence-corrected chi connectivity index (χ4v) is 10.6. The molecule has 93 heavy (non-hydrogen) atoms. The van der Waals surface area contributed by atoms with Crippen molar-refractivity contribution in [1.82, 2.24) is 20.9 Å². The van der Waals surface area contributed by atoms with Crippen molar-refractivity contribution in [2.75, 3.05) is 153 Å². The molecule has 0 spiro atoms. The van der Waals surface area contributed by atoms with E-state index in [2.05, 4.69) is 21.1 Å². The van der Waals surface area contributed by atoms with Gasteiger partial charge < -0.3 is 82.4 Å². The van der Waals surface area contributed by atoms with Gasteiger partial charge in [0.25, 0.3) is 5.91 Å². The van der Waals surface area contributed by atoms with Gasteiger partial charge in [-0.3, -0.25) is 24.2 Å². The van der Waals surface area contributed by atoms with E-state index in [-0.39, 0.29) is 68.8 Å². The minimum Gasteiger partial charge on any atom is -0.493 e. The number of carbonyl (C=O) groups excluding carboxylic acids is 5. The van der Waals surface area contributed by atoms with E-state index in [0.717, 1.165) is 24.1 Å². The van der Waals surface area contributed by atoms with Gasteiger partial charge in [-0.25, -0.2) is 4.79 Å². The Hall–Kier alpha value is -7.16. The molecule has 512 valence electrons. The first kappa shape index (κ1) is 74.9. The number of methoxy groups -OCH3 is 5. The van der Waals surface area contributed by atoms with Gasteiger partial charge in [0.2, 0.25) is 23.5 Å². The van der Waals surface area contributed by atoms with Crippen molar-refractivity contribution in [3.05, 3.63) is 99.5 Å². The van der Waals surface area contributed by atoms with Crippen LogP contribution in [-0.2, 0) is 63.6 Å². The number of halogens is 2. The third-order valence-electron chi connectivity index (χ3n) is 15.3. The zero-order valence-electron chi connectivity index (χ0n) is 54.6. The maximum atomic E-state index is 14.5. The van der Waals surface area contributed by atoms with Gasteiger partial charge in [0, 0.05) is 38.4 Å². The zero-order valence-corrected chi connectivity index (χ0v) is 56.1. The van der Waals surface area contributed by atoms with Gasteiger partial charge in [-0.2, -0.15) is 5.10 Å². The Balaban J connectivity index is 0.789. The van der Waals surface area contributed by atoms with Gasteiger partial charge in [-0.05, 0) is 116 Å². The molecule has 4 amide bonds. The third kappa shape index (κ3) is 24.9. The zero-order chi connectivity index (χ0) is 66.7. The second kappa shape index (κ2) is 41.5. The molecule has 2 aliphatic rings. The summed E-state index contributed by atoms with van der Waals surface area (Å²) in [5, 5.41) is 15.7. The van der Waals surface area contributed by atoms with Crippen molar-refractivity contribution in [2.45, 2.75) is 89.7 Å². The van der Waals surface area contributed by atoms with Crippen LogP contribution in [0.25, 0.3) is 0 Å². The summed E-state index contributed by atoms with van der Waals surface area (Å²) >= 11 is 12.2. The van der Waals surface area contributed by atoms with Crippen molar-refractivity contribution in [3.63, 3.8) is 0 Å². The molecule has 0 saturated carbocycles. The van der Waals surface area contributed by atoms with Gasteiger partial charge in [0.15, 0.2) is 29.6 Å². The SMILES string of the molecule is CC[C@H](C(=O)N1CCCC[C@H]1C(=O)O[C@@H](CCc1ccc(OC)c(OC)c1)c1cccc(OCC(=O)NCCOCCOCCOCCOCCOCCOCCC(=O)NCCCC(=O)NC2=NN(c3ccc(Cl)c(Cl)c3)CC2C)c1)c1cc(OC)c(OC)c(OC)c1. The minimum atomic E-state index is -0.819. The normalized spacial score (nSPS) is 15.2. The largest absolute Gasteiger partial charge is 0.493 e. The molecule has 1 fully saturated rings. The topological polar surface area (TPSA) is 260 Å². The lowest BCUT2D eigenvalue weighted by atomic mass is 9.91. The van der Waals surface area contributed by atoms with Gasteiger partial charge in [-0.15, -0.1) is 0 Å². The number of rotatable bonds is 43. The van der Waals surface area contributed by atoms with Crippen LogP contribution in [0.15, 0.2) is 77.9 Å². The average molecular weight is 1340 g/mol. The molecule has 0 aliphatic carbocycles. The van der Waals surface area contributed by atoms with E-state index in [1.165, 1.54) is 21.3 Å². The molecule has 2 aliphatic heterocycles. The molecule has 24 nitrogen and oxygen atoms in total. The molecule has 26 heteroatoms. The fraction of sp³-hybridized carbons (Fsp3) is 0.552. The number of aryl methyl sites for hydroxylation is 1. The average Bonchev–Trinajstić information content (AvgIpc) is 1.08. The number of esters is 1. The van der Waals surface area contributed by atoms with Crippen LogP contribution < -0.4 is 49.4 Å². The number of hydrogen-bond acceptors (Lipinski definition) is 20. The summed E-state index contributed by atoms with van der Waals surface area (Å²) in [4.78, 5) is 68.3. The smallest absolute Gasteiger partial charge is 0.329 e. The van der Waals surface area contributed by atoms with Crippen LogP contribution in [0.5, 0.6) is 34.5 Å². The first-order chi connectivity index (χ1) is 45.2. The van der Waals surface area contributed by atoms with E-state index in [0.29, 0.717) is 179 Å². The molecule has 1 saturated heterocycles. The number of carbonyl (C=O) groups is 5. The van der Waals surface area contributed by atoms with E-state index in [9.17, 15) is 24.0 Å². The Labute approximate surface area is 555 Å². The predicted molar refractivity (Wildman–Crippen MR) is 350 cm³/mol. The molecule has 0 aromatic heterocycles. The number of piperidine rings is 1. The maximum absolute atomic E-state index is 14.5. The summed E-state index contributed by atoms with van der Waals surface area (Å²) in [7, 11) is 7.72. The quantitative estimate of drug-likeness (QED) is 0.0278. The maximum Gasteiger partial charge on any atom is 0.329 e. The number of hydrazone groups is 1. The molecule has 4 aromatic carbocycles. The molecular weight excluding hydrogens is 1250 g/mol. The predicted octanol–water partition coefficient (Wildman–Crippen LogP) is 8.30. The van der Waals surface area contributed by atoms with Crippen LogP contribution in [0.3, 0.4) is 0 Å². The fourth-order valence-electron chi connectivity index (χ4n) is 10.3. The number of likely N-dealkylation sites (tertiary alicyclic amines) is 1. The molecule has 0 bridgehead atoms. The number of hydrogen-bond donors (Lipinski definition) is 3. The number of nitrogens with one attached hydrogen (secondary N) is 3. The van der Waals surface area contributed by atoms with E-state index in [4.69, 9.17) is 84.8 Å². The summed E-state index contributed by atoms with van der Waals surface area (Å²) in [5.41, 5.74) is 3.05. The Kier molecular flexibility index (Phi) is 33.4. The molecule has 3 N–H and O–H groups in total. The van der Waals surface area contributed by atoms with Crippen LogP contribution in [0.4, 0.5) is 5.69 Å². The highest BCUT2D eigenvalue weighted by molar-refractivity contribution is 6.42. The van der Waals surface area contributed by atoms with Crippen molar-refractivity contribution in [2.24, 2.45) is 11.0 Å². The minimum absolute atomic E-state index is 0.0195. The van der Waals surface area contributed by atoms with Crippen LogP contribution in [-0.4, -0.2) is 194 Å². The monoisotopic (exact) mass is 1340 g/mol. The van der Waals surface area contributed by atoms with Crippen LogP contribution in [0.2, 0.25) is 10.0 Å². The molecule has 6 rings (SSSR count).